The fraction of sp³-hybridized carbons (Fsp3) is 0.579. The first-order valence-electron chi connectivity index (χ1n) is 9.50. The summed E-state index contributed by atoms with van der Waals surface area (Å²) in [5, 5.41) is 5.97. The van der Waals surface area contributed by atoms with E-state index in [1.54, 1.807) is 6.92 Å². The number of urea groups is 1. The van der Waals surface area contributed by atoms with Crippen molar-refractivity contribution in [3.05, 3.63) is 16.0 Å². The Kier molecular flexibility index (Phi) is 5.74. The molecule has 8 nitrogen and oxygen atoms in total. The van der Waals surface area contributed by atoms with Crippen LogP contribution in [0, 0.1) is 13.8 Å². The number of hydrogen-bond acceptors (Lipinski definition) is 6. The zero-order valence-electron chi connectivity index (χ0n) is 16.3. The number of imide groups is 1. The van der Waals surface area contributed by atoms with Crippen LogP contribution < -0.4 is 10.6 Å². The third kappa shape index (κ3) is 3.63. The number of aryl methyl sites for hydroxylation is 1. The maximum Gasteiger partial charge on any atom is 0.341 e. The maximum atomic E-state index is 12.6. The predicted molar refractivity (Wildman–Crippen MR) is 104 cm³/mol. The molecule has 1 aromatic heterocycles. The van der Waals surface area contributed by atoms with Crippen LogP contribution in [-0.4, -0.2) is 47.4 Å². The Bertz CT molecular complexity index is 826. The van der Waals surface area contributed by atoms with Crippen LogP contribution in [0.5, 0.6) is 0 Å². The van der Waals surface area contributed by atoms with E-state index in [1.165, 1.54) is 11.3 Å². The topological polar surface area (TPSA) is 105 Å². The molecule has 2 heterocycles. The summed E-state index contributed by atoms with van der Waals surface area (Å²) in [6.07, 6.45) is 3.09. The van der Waals surface area contributed by atoms with E-state index >= 15 is 0 Å². The van der Waals surface area contributed by atoms with Crippen LogP contribution in [-0.2, 0) is 14.3 Å². The summed E-state index contributed by atoms with van der Waals surface area (Å²) in [7, 11) is 0. The first-order chi connectivity index (χ1) is 13.3. The molecule has 152 valence electrons. The molecule has 4 amide bonds. The van der Waals surface area contributed by atoms with Crippen LogP contribution in [0.25, 0.3) is 0 Å². The summed E-state index contributed by atoms with van der Waals surface area (Å²) < 4.78 is 5.08. The van der Waals surface area contributed by atoms with E-state index in [9.17, 15) is 19.2 Å². The molecule has 2 aliphatic rings. The Morgan fingerprint density at radius 2 is 1.93 bits per heavy atom. The van der Waals surface area contributed by atoms with Gasteiger partial charge in [-0.25, -0.2) is 9.59 Å². The van der Waals surface area contributed by atoms with Gasteiger partial charge in [-0.05, 0) is 39.2 Å². The van der Waals surface area contributed by atoms with Crippen molar-refractivity contribution >= 4 is 40.2 Å². The van der Waals surface area contributed by atoms with Gasteiger partial charge >= 0.3 is 12.0 Å². The highest BCUT2D eigenvalue weighted by molar-refractivity contribution is 7.16. The molecule has 9 heteroatoms. The van der Waals surface area contributed by atoms with Crippen LogP contribution >= 0.6 is 11.3 Å². The van der Waals surface area contributed by atoms with Crippen molar-refractivity contribution in [2.24, 2.45) is 0 Å². The van der Waals surface area contributed by atoms with Crippen molar-refractivity contribution in [3.8, 4) is 0 Å². The number of carbonyl (C=O) groups excluding carboxylic acids is 4. The molecule has 0 bridgehead atoms. The summed E-state index contributed by atoms with van der Waals surface area (Å²) >= 11 is 1.31. The molecule has 1 saturated carbocycles. The van der Waals surface area contributed by atoms with E-state index in [0.717, 1.165) is 28.2 Å². The molecule has 0 atom stereocenters. The molecule has 0 unspecified atom stereocenters. The average molecular weight is 407 g/mol. The monoisotopic (exact) mass is 407 g/mol. The van der Waals surface area contributed by atoms with E-state index in [2.05, 4.69) is 10.6 Å². The van der Waals surface area contributed by atoms with E-state index in [0.29, 0.717) is 23.4 Å². The van der Waals surface area contributed by atoms with Gasteiger partial charge in [0.25, 0.3) is 5.91 Å². The van der Waals surface area contributed by atoms with Gasteiger partial charge in [0.1, 0.15) is 10.5 Å². The van der Waals surface area contributed by atoms with Crippen molar-refractivity contribution in [1.29, 1.82) is 0 Å². The van der Waals surface area contributed by atoms with Gasteiger partial charge in [-0.3, -0.25) is 14.5 Å². The molecule has 2 fully saturated rings. The van der Waals surface area contributed by atoms with E-state index in [-0.39, 0.29) is 31.4 Å². The Hall–Kier alpha value is -2.42. The third-order valence-electron chi connectivity index (χ3n) is 5.38. The number of esters is 1. The first-order valence-corrected chi connectivity index (χ1v) is 10.3. The lowest BCUT2D eigenvalue weighted by molar-refractivity contribution is -0.131. The number of ether oxygens (including phenoxy) is 1. The van der Waals surface area contributed by atoms with Gasteiger partial charge in [-0.1, -0.05) is 12.8 Å². The van der Waals surface area contributed by atoms with Gasteiger partial charge in [0.15, 0.2) is 0 Å². The molecule has 1 spiro atoms. The summed E-state index contributed by atoms with van der Waals surface area (Å²) in [4.78, 5) is 51.5. The second-order valence-electron chi connectivity index (χ2n) is 7.18. The van der Waals surface area contributed by atoms with Crippen LogP contribution in [0.2, 0.25) is 0 Å². The minimum atomic E-state index is -0.771. The molecular weight excluding hydrogens is 382 g/mol. The van der Waals surface area contributed by atoms with Gasteiger partial charge < -0.3 is 15.4 Å². The number of thiophene rings is 1. The molecule has 1 saturated heterocycles. The number of rotatable bonds is 6. The molecule has 0 aromatic carbocycles. The van der Waals surface area contributed by atoms with Crippen molar-refractivity contribution in [2.75, 3.05) is 18.5 Å². The second-order valence-corrected chi connectivity index (χ2v) is 8.41. The number of amides is 4. The molecule has 0 radical (unpaired) electrons. The molecule has 1 aromatic rings. The Morgan fingerprint density at radius 1 is 1.25 bits per heavy atom. The van der Waals surface area contributed by atoms with E-state index < -0.39 is 17.5 Å². The molecule has 2 N–H and O–H groups in total. The standard InChI is InChI=1S/C19H25N3O5S/c1-4-27-16(24)14-11(2)12(3)28-15(14)20-13(23)7-10-22-17(25)19(21-18(22)26)8-5-6-9-19/h4-10H2,1-3H3,(H,20,23)(H,21,26). The van der Waals surface area contributed by atoms with Crippen LogP contribution in [0.15, 0.2) is 0 Å². The number of carbonyl (C=O) groups is 4. The van der Waals surface area contributed by atoms with Gasteiger partial charge in [-0.15, -0.1) is 11.3 Å². The number of anilines is 1. The van der Waals surface area contributed by atoms with E-state index in [1.807, 2.05) is 13.8 Å². The largest absolute Gasteiger partial charge is 0.462 e. The maximum absolute atomic E-state index is 12.6. The number of hydrogen-bond donors (Lipinski definition) is 2. The van der Waals surface area contributed by atoms with Gasteiger partial charge in [0.2, 0.25) is 5.91 Å². The Labute approximate surface area is 167 Å². The van der Waals surface area contributed by atoms with Crippen LogP contribution in [0.4, 0.5) is 9.80 Å². The van der Waals surface area contributed by atoms with Gasteiger partial charge in [0.05, 0.1) is 12.2 Å². The fourth-order valence-electron chi connectivity index (χ4n) is 3.76. The first kappa shape index (κ1) is 20.3. The number of nitrogens with zero attached hydrogens (tertiary/aromatic N) is 1. The van der Waals surface area contributed by atoms with E-state index in [4.69, 9.17) is 4.74 Å². The molecule has 1 aliphatic heterocycles. The minimum absolute atomic E-state index is 0.0102. The van der Waals surface area contributed by atoms with Crippen molar-refractivity contribution < 1.29 is 23.9 Å². The molecular formula is C19H25N3O5S. The lowest BCUT2D eigenvalue weighted by Crippen LogP contribution is -2.44. The van der Waals surface area contributed by atoms with Crippen molar-refractivity contribution in [1.82, 2.24) is 10.2 Å². The Morgan fingerprint density at radius 3 is 2.57 bits per heavy atom. The SMILES string of the molecule is CCOC(=O)c1c(NC(=O)CCN2C(=O)NC3(CCCC3)C2=O)sc(C)c1C. The summed E-state index contributed by atoms with van der Waals surface area (Å²) in [5.41, 5.74) is 0.362. The normalized spacial score (nSPS) is 17.9. The lowest BCUT2D eigenvalue weighted by atomic mass is 9.98. The van der Waals surface area contributed by atoms with Crippen molar-refractivity contribution in [3.63, 3.8) is 0 Å². The molecule has 1 aliphatic carbocycles. The predicted octanol–water partition coefficient (Wildman–Crippen LogP) is 2.73. The highest BCUT2D eigenvalue weighted by atomic mass is 32.1. The van der Waals surface area contributed by atoms with Crippen LogP contribution in [0.1, 0.15) is 59.8 Å². The minimum Gasteiger partial charge on any atom is -0.462 e. The summed E-state index contributed by atoms with van der Waals surface area (Å²) in [5.74, 6) is -1.07. The average Bonchev–Trinajstić information content (AvgIpc) is 3.27. The zero-order chi connectivity index (χ0) is 20.5. The zero-order valence-corrected chi connectivity index (χ0v) is 17.2. The highest BCUT2D eigenvalue weighted by Gasteiger charge is 2.52. The van der Waals surface area contributed by atoms with Gasteiger partial charge in [0, 0.05) is 17.8 Å². The quantitative estimate of drug-likeness (QED) is 0.557. The summed E-state index contributed by atoms with van der Waals surface area (Å²) in [6, 6.07) is -0.435. The molecule has 28 heavy (non-hydrogen) atoms. The summed E-state index contributed by atoms with van der Waals surface area (Å²) in [6.45, 7) is 5.65. The second kappa shape index (κ2) is 7.90. The highest BCUT2D eigenvalue weighted by Crippen LogP contribution is 2.35. The lowest BCUT2D eigenvalue weighted by Gasteiger charge is -2.19. The Balaban J connectivity index is 1.64. The fourth-order valence-corrected chi connectivity index (χ4v) is 4.83. The third-order valence-corrected chi connectivity index (χ3v) is 6.51. The number of nitrogens with one attached hydrogen (secondary N) is 2. The van der Waals surface area contributed by atoms with Crippen LogP contribution in [0.3, 0.4) is 0 Å². The molecule has 3 rings (SSSR count). The van der Waals surface area contributed by atoms with Crippen molar-refractivity contribution in [2.45, 2.75) is 58.4 Å². The smallest absolute Gasteiger partial charge is 0.341 e. The van der Waals surface area contributed by atoms with Gasteiger partial charge in [-0.2, -0.15) is 0 Å².